The SMILES string of the molecule is Fc1ccccc1C(CI)OCCC1CC1. The first-order valence-electron chi connectivity index (χ1n) is 5.73. The molecule has 16 heavy (non-hydrogen) atoms. The van der Waals surface area contributed by atoms with Gasteiger partial charge < -0.3 is 4.74 Å². The van der Waals surface area contributed by atoms with Gasteiger partial charge in [-0.25, -0.2) is 4.39 Å². The second-order valence-electron chi connectivity index (χ2n) is 4.27. The van der Waals surface area contributed by atoms with Crippen LogP contribution in [0.3, 0.4) is 0 Å². The van der Waals surface area contributed by atoms with Crippen molar-refractivity contribution in [1.29, 1.82) is 0 Å². The van der Waals surface area contributed by atoms with Crippen molar-refractivity contribution >= 4 is 22.6 Å². The predicted molar refractivity (Wildman–Crippen MR) is 71.3 cm³/mol. The molecule has 1 saturated carbocycles. The first-order valence-corrected chi connectivity index (χ1v) is 7.26. The van der Waals surface area contributed by atoms with E-state index in [2.05, 4.69) is 22.6 Å². The van der Waals surface area contributed by atoms with Gasteiger partial charge in [0.1, 0.15) is 5.82 Å². The fourth-order valence-corrected chi connectivity index (χ4v) is 2.47. The minimum atomic E-state index is -0.157. The molecule has 3 heteroatoms. The second kappa shape index (κ2) is 5.96. The van der Waals surface area contributed by atoms with Crippen LogP contribution in [0.2, 0.25) is 0 Å². The van der Waals surface area contributed by atoms with E-state index in [1.807, 2.05) is 12.1 Å². The van der Waals surface area contributed by atoms with E-state index >= 15 is 0 Å². The van der Waals surface area contributed by atoms with Gasteiger partial charge in [-0.1, -0.05) is 53.6 Å². The molecule has 1 aliphatic carbocycles. The smallest absolute Gasteiger partial charge is 0.129 e. The largest absolute Gasteiger partial charge is 0.373 e. The summed E-state index contributed by atoms with van der Waals surface area (Å²) in [6.45, 7) is 0.757. The van der Waals surface area contributed by atoms with Crippen molar-refractivity contribution in [3.8, 4) is 0 Å². The molecular weight excluding hydrogens is 318 g/mol. The van der Waals surface area contributed by atoms with Gasteiger partial charge in [-0.05, 0) is 18.4 Å². The number of alkyl halides is 1. The third kappa shape index (κ3) is 3.42. The van der Waals surface area contributed by atoms with E-state index in [1.54, 1.807) is 6.07 Å². The Balaban J connectivity index is 1.90. The summed E-state index contributed by atoms with van der Waals surface area (Å²) in [6.07, 6.45) is 3.72. The molecule has 0 radical (unpaired) electrons. The van der Waals surface area contributed by atoms with E-state index in [0.717, 1.165) is 23.4 Å². The lowest BCUT2D eigenvalue weighted by molar-refractivity contribution is 0.0642. The summed E-state index contributed by atoms with van der Waals surface area (Å²) in [4.78, 5) is 0. The second-order valence-corrected chi connectivity index (χ2v) is 5.15. The molecule has 1 unspecified atom stereocenters. The van der Waals surface area contributed by atoms with Crippen LogP contribution < -0.4 is 0 Å². The van der Waals surface area contributed by atoms with Crippen molar-refractivity contribution in [2.45, 2.75) is 25.4 Å². The van der Waals surface area contributed by atoms with Crippen LogP contribution in [0.15, 0.2) is 24.3 Å². The summed E-state index contributed by atoms with van der Waals surface area (Å²) in [5, 5.41) is 0. The lowest BCUT2D eigenvalue weighted by Crippen LogP contribution is -2.09. The van der Waals surface area contributed by atoms with Crippen LogP contribution in [0.1, 0.15) is 30.9 Å². The van der Waals surface area contributed by atoms with Crippen molar-refractivity contribution in [1.82, 2.24) is 0 Å². The van der Waals surface area contributed by atoms with Gasteiger partial charge in [0.25, 0.3) is 0 Å². The van der Waals surface area contributed by atoms with Gasteiger partial charge in [0.2, 0.25) is 0 Å². The van der Waals surface area contributed by atoms with E-state index in [-0.39, 0.29) is 11.9 Å². The average Bonchev–Trinajstić information content (AvgIpc) is 3.10. The fraction of sp³-hybridized carbons (Fsp3) is 0.538. The van der Waals surface area contributed by atoms with Crippen LogP contribution in [0.5, 0.6) is 0 Å². The first kappa shape index (κ1) is 12.3. The summed E-state index contributed by atoms with van der Waals surface area (Å²) in [7, 11) is 0. The molecule has 0 N–H and O–H groups in total. The summed E-state index contributed by atoms with van der Waals surface area (Å²) < 4.78 is 20.1. The highest BCUT2D eigenvalue weighted by atomic mass is 127. The van der Waals surface area contributed by atoms with Crippen molar-refractivity contribution in [3.05, 3.63) is 35.6 Å². The van der Waals surface area contributed by atoms with Crippen LogP contribution >= 0.6 is 22.6 Å². The maximum absolute atomic E-state index is 13.5. The molecule has 0 amide bonds. The Labute approximate surface area is 110 Å². The average molecular weight is 334 g/mol. The Kier molecular flexibility index (Phi) is 4.58. The van der Waals surface area contributed by atoms with E-state index in [0.29, 0.717) is 5.56 Å². The molecule has 1 aromatic carbocycles. The number of halogens is 2. The van der Waals surface area contributed by atoms with E-state index in [1.165, 1.54) is 18.9 Å². The number of hydrogen-bond donors (Lipinski definition) is 0. The minimum absolute atomic E-state index is 0.0967. The normalized spacial score (nSPS) is 17.4. The molecule has 1 atom stereocenters. The minimum Gasteiger partial charge on any atom is -0.373 e. The van der Waals surface area contributed by atoms with Crippen molar-refractivity contribution < 1.29 is 9.13 Å². The third-order valence-electron chi connectivity index (χ3n) is 2.93. The number of rotatable bonds is 6. The van der Waals surface area contributed by atoms with Crippen LogP contribution in [0.4, 0.5) is 4.39 Å². The molecule has 0 aliphatic heterocycles. The lowest BCUT2D eigenvalue weighted by Gasteiger charge is -2.16. The molecule has 1 fully saturated rings. The predicted octanol–water partition coefficient (Wildman–Crippen LogP) is 4.12. The summed E-state index contributed by atoms with van der Waals surface area (Å²) >= 11 is 2.25. The van der Waals surface area contributed by atoms with Gasteiger partial charge in [0.15, 0.2) is 0 Å². The Morgan fingerprint density at radius 3 is 2.75 bits per heavy atom. The zero-order valence-corrected chi connectivity index (χ0v) is 11.3. The van der Waals surface area contributed by atoms with Crippen molar-refractivity contribution in [2.24, 2.45) is 5.92 Å². The summed E-state index contributed by atoms with van der Waals surface area (Å²) in [5.41, 5.74) is 0.688. The molecule has 1 aromatic rings. The zero-order chi connectivity index (χ0) is 11.4. The summed E-state index contributed by atoms with van der Waals surface area (Å²) in [5.74, 6) is 0.714. The highest BCUT2D eigenvalue weighted by Crippen LogP contribution is 2.33. The van der Waals surface area contributed by atoms with Crippen LogP contribution in [-0.4, -0.2) is 11.0 Å². The highest BCUT2D eigenvalue weighted by Gasteiger charge is 2.22. The third-order valence-corrected chi connectivity index (χ3v) is 3.73. The molecule has 2 rings (SSSR count). The standard InChI is InChI=1S/C13H16FIO/c14-12-4-2-1-3-11(12)13(9-15)16-8-7-10-5-6-10/h1-4,10,13H,5-9H2. The molecule has 1 aliphatic rings. The number of ether oxygens (including phenoxy) is 1. The molecular formula is C13H16FIO. The highest BCUT2D eigenvalue weighted by molar-refractivity contribution is 14.1. The Bertz CT molecular complexity index is 338. The number of benzene rings is 1. The van der Waals surface area contributed by atoms with Gasteiger partial charge in [-0.2, -0.15) is 0 Å². The summed E-state index contributed by atoms with van der Waals surface area (Å²) in [6, 6.07) is 6.89. The molecule has 88 valence electrons. The van der Waals surface area contributed by atoms with Crippen molar-refractivity contribution in [3.63, 3.8) is 0 Å². The van der Waals surface area contributed by atoms with Crippen LogP contribution in [-0.2, 0) is 4.74 Å². The Morgan fingerprint density at radius 2 is 2.12 bits per heavy atom. The quantitative estimate of drug-likeness (QED) is 0.562. The van der Waals surface area contributed by atoms with Crippen LogP contribution in [0, 0.1) is 11.7 Å². The molecule has 0 spiro atoms. The Morgan fingerprint density at radius 1 is 1.38 bits per heavy atom. The van der Waals surface area contributed by atoms with E-state index in [4.69, 9.17) is 4.74 Å². The van der Waals surface area contributed by atoms with Gasteiger partial charge in [-0.15, -0.1) is 0 Å². The molecule has 0 heterocycles. The zero-order valence-electron chi connectivity index (χ0n) is 9.16. The van der Waals surface area contributed by atoms with E-state index < -0.39 is 0 Å². The maximum Gasteiger partial charge on any atom is 0.129 e. The van der Waals surface area contributed by atoms with E-state index in [9.17, 15) is 4.39 Å². The van der Waals surface area contributed by atoms with Gasteiger partial charge in [-0.3, -0.25) is 0 Å². The molecule has 1 nitrogen and oxygen atoms in total. The molecule has 0 saturated heterocycles. The monoisotopic (exact) mass is 334 g/mol. The van der Waals surface area contributed by atoms with Gasteiger partial charge in [0.05, 0.1) is 6.10 Å². The van der Waals surface area contributed by atoms with Crippen molar-refractivity contribution in [2.75, 3.05) is 11.0 Å². The topological polar surface area (TPSA) is 9.23 Å². The first-order chi connectivity index (χ1) is 7.81. The van der Waals surface area contributed by atoms with Crippen LogP contribution in [0.25, 0.3) is 0 Å². The Hall–Kier alpha value is -0.160. The molecule has 0 bridgehead atoms. The molecule has 0 aromatic heterocycles. The van der Waals surface area contributed by atoms with Gasteiger partial charge in [0, 0.05) is 16.6 Å². The number of hydrogen-bond acceptors (Lipinski definition) is 1. The maximum atomic E-state index is 13.5. The lowest BCUT2D eigenvalue weighted by atomic mass is 10.1. The fourth-order valence-electron chi connectivity index (χ4n) is 1.74. The van der Waals surface area contributed by atoms with Gasteiger partial charge >= 0.3 is 0 Å².